The fraction of sp³-hybridized carbons (Fsp3) is 0. The van der Waals surface area contributed by atoms with Gasteiger partial charge in [-0.3, -0.25) is 10.1 Å². The lowest BCUT2D eigenvalue weighted by molar-refractivity contribution is -0.384. The van der Waals surface area contributed by atoms with Crippen LogP contribution < -0.4 is 0 Å². The first-order valence-electron chi connectivity index (χ1n) is 7.35. The molecule has 116 valence electrons. The van der Waals surface area contributed by atoms with Crippen molar-refractivity contribution in [1.29, 1.82) is 0 Å². The lowest BCUT2D eigenvalue weighted by Gasteiger charge is -2.07. The number of aromatic amines is 1. The minimum Gasteiger partial charge on any atom is -0.360 e. The van der Waals surface area contributed by atoms with Crippen LogP contribution in [0.15, 0.2) is 67.3 Å². The van der Waals surface area contributed by atoms with E-state index in [4.69, 9.17) is 0 Å². The lowest BCUT2D eigenvalue weighted by atomic mass is 10.00. The van der Waals surface area contributed by atoms with Crippen LogP contribution in [-0.4, -0.2) is 19.9 Å². The number of nitrogens with one attached hydrogen (secondary N) is 1. The van der Waals surface area contributed by atoms with E-state index in [1.807, 2.05) is 36.5 Å². The zero-order valence-electron chi connectivity index (χ0n) is 12.5. The molecule has 0 radical (unpaired) electrons. The van der Waals surface area contributed by atoms with Crippen LogP contribution in [0.2, 0.25) is 0 Å². The van der Waals surface area contributed by atoms with Crippen molar-refractivity contribution in [2.24, 2.45) is 0 Å². The smallest absolute Gasteiger partial charge is 0.270 e. The molecule has 0 fully saturated rings. The molecule has 2 heterocycles. The second-order valence-corrected chi connectivity index (χ2v) is 5.34. The first kappa shape index (κ1) is 14.1. The van der Waals surface area contributed by atoms with Crippen molar-refractivity contribution < 1.29 is 4.92 Å². The highest BCUT2D eigenvalue weighted by molar-refractivity contribution is 5.98. The molecule has 0 aliphatic carbocycles. The molecule has 24 heavy (non-hydrogen) atoms. The Balaban J connectivity index is 1.93. The number of hydrogen-bond donors (Lipinski definition) is 1. The molecule has 0 atom stereocenters. The topological polar surface area (TPSA) is 84.7 Å². The van der Waals surface area contributed by atoms with Gasteiger partial charge in [0.1, 0.15) is 6.33 Å². The molecule has 2 aromatic heterocycles. The van der Waals surface area contributed by atoms with Crippen LogP contribution in [0.4, 0.5) is 5.69 Å². The first-order valence-corrected chi connectivity index (χ1v) is 7.35. The maximum absolute atomic E-state index is 11.0. The molecule has 0 spiro atoms. The summed E-state index contributed by atoms with van der Waals surface area (Å²) in [5.41, 5.74) is 4.20. The van der Waals surface area contributed by atoms with Gasteiger partial charge in [-0.1, -0.05) is 30.3 Å². The molecule has 6 heteroatoms. The average Bonchev–Trinajstić information content (AvgIpc) is 3.06. The fourth-order valence-electron chi connectivity index (χ4n) is 2.81. The third-order valence-electron chi connectivity index (χ3n) is 3.92. The Morgan fingerprint density at radius 1 is 1.04 bits per heavy atom. The quantitative estimate of drug-likeness (QED) is 0.453. The molecule has 4 rings (SSSR count). The van der Waals surface area contributed by atoms with Gasteiger partial charge < -0.3 is 4.98 Å². The second kappa shape index (κ2) is 5.58. The third-order valence-corrected chi connectivity index (χ3v) is 3.92. The van der Waals surface area contributed by atoms with Gasteiger partial charge >= 0.3 is 0 Å². The summed E-state index contributed by atoms with van der Waals surface area (Å²) in [6, 6.07) is 14.4. The molecular weight excluding hydrogens is 304 g/mol. The normalized spacial score (nSPS) is 10.8. The van der Waals surface area contributed by atoms with Gasteiger partial charge in [0.25, 0.3) is 5.69 Å². The summed E-state index contributed by atoms with van der Waals surface area (Å²) >= 11 is 0. The Kier molecular flexibility index (Phi) is 3.28. The summed E-state index contributed by atoms with van der Waals surface area (Å²) < 4.78 is 0. The molecule has 0 saturated carbocycles. The van der Waals surface area contributed by atoms with Crippen molar-refractivity contribution in [3.8, 4) is 22.4 Å². The van der Waals surface area contributed by atoms with Gasteiger partial charge in [0.2, 0.25) is 0 Å². The van der Waals surface area contributed by atoms with Crippen molar-refractivity contribution in [2.75, 3.05) is 0 Å². The van der Waals surface area contributed by atoms with E-state index in [1.54, 1.807) is 12.3 Å². The molecule has 0 aliphatic heterocycles. The summed E-state index contributed by atoms with van der Waals surface area (Å²) in [7, 11) is 0. The third kappa shape index (κ3) is 2.30. The first-order chi connectivity index (χ1) is 11.7. The van der Waals surface area contributed by atoms with Crippen LogP contribution in [0.5, 0.6) is 0 Å². The van der Waals surface area contributed by atoms with Gasteiger partial charge in [-0.2, -0.15) is 0 Å². The number of para-hydroxylation sites is 1. The summed E-state index contributed by atoms with van der Waals surface area (Å²) in [6.07, 6.45) is 5.06. The van der Waals surface area contributed by atoms with Crippen LogP contribution in [0, 0.1) is 10.1 Å². The zero-order chi connectivity index (χ0) is 16.5. The molecular formula is C18H12N4O2. The number of H-pyrrole nitrogens is 1. The van der Waals surface area contributed by atoms with Crippen LogP contribution in [0.3, 0.4) is 0 Å². The minimum atomic E-state index is -0.404. The lowest BCUT2D eigenvalue weighted by Crippen LogP contribution is -1.92. The Hall–Kier alpha value is -3.54. The number of aromatic nitrogens is 3. The standard InChI is InChI=1S/C18H12N4O2/c23-22(24)13-5-3-4-12(8-13)15-9-19-11-21-18(15)16-10-20-17-7-2-1-6-14(16)17/h1-11,20H. The highest BCUT2D eigenvalue weighted by Crippen LogP contribution is 2.34. The number of non-ortho nitro benzene ring substituents is 1. The largest absolute Gasteiger partial charge is 0.360 e. The number of nitro benzene ring substituents is 1. The Morgan fingerprint density at radius 3 is 2.79 bits per heavy atom. The molecule has 6 nitrogen and oxygen atoms in total. The second-order valence-electron chi connectivity index (χ2n) is 5.34. The monoisotopic (exact) mass is 316 g/mol. The molecule has 0 amide bonds. The number of nitro groups is 1. The summed E-state index contributed by atoms with van der Waals surface area (Å²) in [5, 5.41) is 12.1. The molecule has 2 aromatic carbocycles. The maximum atomic E-state index is 11.0. The number of hydrogen-bond acceptors (Lipinski definition) is 4. The number of fused-ring (bicyclic) bond motifs is 1. The highest BCUT2D eigenvalue weighted by Gasteiger charge is 2.15. The van der Waals surface area contributed by atoms with Gasteiger partial charge in [0, 0.05) is 46.6 Å². The zero-order valence-corrected chi connectivity index (χ0v) is 12.5. The van der Waals surface area contributed by atoms with Gasteiger partial charge in [0.05, 0.1) is 10.6 Å². The van der Waals surface area contributed by atoms with Crippen LogP contribution in [0.1, 0.15) is 0 Å². The van der Waals surface area contributed by atoms with Crippen molar-refractivity contribution in [2.45, 2.75) is 0 Å². The maximum Gasteiger partial charge on any atom is 0.270 e. The Morgan fingerprint density at radius 2 is 1.92 bits per heavy atom. The van der Waals surface area contributed by atoms with Gasteiger partial charge in [-0.25, -0.2) is 9.97 Å². The summed E-state index contributed by atoms with van der Waals surface area (Å²) in [4.78, 5) is 22.4. The van der Waals surface area contributed by atoms with Crippen molar-refractivity contribution in [1.82, 2.24) is 15.0 Å². The van der Waals surface area contributed by atoms with E-state index < -0.39 is 4.92 Å². The average molecular weight is 316 g/mol. The van der Waals surface area contributed by atoms with Crippen molar-refractivity contribution in [3.63, 3.8) is 0 Å². The summed E-state index contributed by atoms with van der Waals surface area (Å²) in [5.74, 6) is 0. The van der Waals surface area contributed by atoms with Gasteiger partial charge in [0.15, 0.2) is 0 Å². The van der Waals surface area contributed by atoms with Crippen molar-refractivity contribution >= 4 is 16.6 Å². The SMILES string of the molecule is O=[N+]([O-])c1cccc(-c2cncnc2-c2c[nH]c3ccccc23)c1. The van der Waals surface area contributed by atoms with E-state index in [2.05, 4.69) is 15.0 Å². The number of benzene rings is 2. The van der Waals surface area contributed by atoms with Crippen LogP contribution in [0.25, 0.3) is 33.3 Å². The summed E-state index contributed by atoms with van der Waals surface area (Å²) in [6.45, 7) is 0. The predicted octanol–water partition coefficient (Wildman–Crippen LogP) is 4.20. The Labute approximate surface area is 137 Å². The molecule has 0 unspecified atom stereocenters. The minimum absolute atomic E-state index is 0.0428. The van der Waals surface area contributed by atoms with Crippen LogP contribution in [-0.2, 0) is 0 Å². The van der Waals surface area contributed by atoms with E-state index >= 15 is 0 Å². The number of rotatable bonds is 3. The molecule has 1 N–H and O–H groups in total. The van der Waals surface area contributed by atoms with E-state index in [9.17, 15) is 10.1 Å². The van der Waals surface area contributed by atoms with E-state index in [0.717, 1.165) is 27.7 Å². The van der Waals surface area contributed by atoms with Gasteiger partial charge in [-0.15, -0.1) is 0 Å². The number of nitrogens with zero attached hydrogens (tertiary/aromatic N) is 3. The van der Waals surface area contributed by atoms with Gasteiger partial charge in [-0.05, 0) is 11.6 Å². The van der Waals surface area contributed by atoms with Crippen LogP contribution >= 0.6 is 0 Å². The fourth-order valence-corrected chi connectivity index (χ4v) is 2.81. The molecule has 0 saturated heterocycles. The predicted molar refractivity (Wildman–Crippen MR) is 91.4 cm³/mol. The van der Waals surface area contributed by atoms with E-state index in [0.29, 0.717) is 5.56 Å². The van der Waals surface area contributed by atoms with E-state index in [-0.39, 0.29) is 5.69 Å². The Bertz CT molecular complexity index is 1060. The molecule has 0 aliphatic rings. The van der Waals surface area contributed by atoms with Crippen molar-refractivity contribution in [3.05, 3.63) is 77.4 Å². The highest BCUT2D eigenvalue weighted by atomic mass is 16.6. The molecule has 0 bridgehead atoms. The van der Waals surface area contributed by atoms with E-state index in [1.165, 1.54) is 18.5 Å². The molecule has 4 aromatic rings.